The minimum atomic E-state index is -0.643. The summed E-state index contributed by atoms with van der Waals surface area (Å²) in [6, 6.07) is 14.6. The largest absolute Gasteiger partial charge is 0.881 e. The van der Waals surface area contributed by atoms with Gasteiger partial charge in [0.05, 0.1) is 11.5 Å². The van der Waals surface area contributed by atoms with Crippen LogP contribution in [0.25, 0.3) is 0 Å². The van der Waals surface area contributed by atoms with Gasteiger partial charge in [0.1, 0.15) is 0 Å². The van der Waals surface area contributed by atoms with Gasteiger partial charge in [-0.3, -0.25) is 0 Å². The van der Waals surface area contributed by atoms with E-state index in [0.717, 1.165) is 11.5 Å². The summed E-state index contributed by atoms with van der Waals surface area (Å²) in [7, 11) is 0. The number of para-hydroxylation sites is 1. The van der Waals surface area contributed by atoms with E-state index in [1.54, 1.807) is 0 Å². The third-order valence-corrected chi connectivity index (χ3v) is 5.33. The molecule has 0 unspecified atom stereocenters. The van der Waals surface area contributed by atoms with Crippen molar-refractivity contribution in [2.75, 3.05) is 0 Å². The molecule has 2 nitrogen and oxygen atoms in total. The van der Waals surface area contributed by atoms with Gasteiger partial charge < -0.3 is 7.58 Å². The van der Waals surface area contributed by atoms with Crippen molar-refractivity contribution < 1.29 is 7.58 Å². The number of hydrogen-bond acceptors (Lipinski definition) is 2. The fourth-order valence-electron chi connectivity index (χ4n) is 3.34. The van der Waals surface area contributed by atoms with E-state index < -0.39 is 15.9 Å². The molecule has 0 saturated heterocycles. The molecule has 2 rings (SSSR count). The summed E-state index contributed by atoms with van der Waals surface area (Å²) in [5.74, 6) is 1.86. The van der Waals surface area contributed by atoms with Gasteiger partial charge in [-0.2, -0.15) is 0 Å². The summed E-state index contributed by atoms with van der Waals surface area (Å²) in [6.07, 6.45) is 0. The second-order valence-electron chi connectivity index (χ2n) is 10.3. The molecule has 0 atom stereocenters. The Kier molecular flexibility index (Phi) is 6.40. The Balaban J connectivity index is 2.28. The lowest BCUT2D eigenvalue weighted by atomic mass is 9.75. The Morgan fingerprint density at radius 2 is 1.04 bits per heavy atom. The average Bonchev–Trinajstić information content (AvgIpc) is 2.52. The van der Waals surface area contributed by atoms with Crippen molar-refractivity contribution >= 4 is 15.9 Å². The third-order valence-electron chi connectivity index (χ3n) is 4.63. The first-order valence-corrected chi connectivity index (χ1v) is 10.6. The van der Waals surface area contributed by atoms with Gasteiger partial charge in [0.2, 0.25) is 0 Å². The van der Waals surface area contributed by atoms with Crippen molar-refractivity contribution in [2.24, 2.45) is 0 Å². The molecule has 0 spiro atoms. The van der Waals surface area contributed by atoms with Crippen molar-refractivity contribution in [3.63, 3.8) is 0 Å². The van der Waals surface area contributed by atoms with Crippen molar-refractivity contribution in [2.45, 2.75) is 78.6 Å². The van der Waals surface area contributed by atoms with Gasteiger partial charge >= 0.3 is 15.9 Å². The Morgan fingerprint density at radius 3 is 1.59 bits per heavy atom. The van der Waals surface area contributed by atoms with E-state index in [2.05, 4.69) is 92.6 Å². The molecule has 145 valence electrons. The predicted octanol–water partition coefficient (Wildman–Crippen LogP) is 6.57. The molecule has 2 aromatic carbocycles. The molecule has 0 heterocycles. The molecule has 0 bridgehead atoms. The molecule has 0 aliphatic rings. The van der Waals surface area contributed by atoms with Crippen LogP contribution in [-0.4, -0.2) is 15.9 Å². The summed E-state index contributed by atoms with van der Waals surface area (Å²) >= 11 is -0.643. The van der Waals surface area contributed by atoms with Gasteiger partial charge in [0, 0.05) is 0 Å². The first-order chi connectivity index (χ1) is 12.3. The maximum Gasteiger partial charge on any atom is 0.881 e. The summed E-state index contributed by atoms with van der Waals surface area (Å²) in [4.78, 5) is 0. The van der Waals surface area contributed by atoms with Crippen LogP contribution in [0.15, 0.2) is 42.5 Å². The van der Waals surface area contributed by atoms with Gasteiger partial charge in [-0.1, -0.05) is 92.6 Å². The molecular formula is C24H34AlO2. The van der Waals surface area contributed by atoms with E-state index in [1.165, 1.54) is 16.7 Å². The molecular weight excluding hydrogens is 347 g/mol. The minimum Gasteiger partial charge on any atom is -0.616 e. The lowest BCUT2D eigenvalue weighted by Gasteiger charge is -2.32. The molecule has 0 aliphatic carbocycles. The van der Waals surface area contributed by atoms with E-state index in [4.69, 9.17) is 7.58 Å². The first-order valence-electron chi connectivity index (χ1n) is 9.70. The molecule has 27 heavy (non-hydrogen) atoms. The van der Waals surface area contributed by atoms with E-state index in [9.17, 15) is 0 Å². The van der Waals surface area contributed by atoms with Crippen LogP contribution in [0.3, 0.4) is 0 Å². The monoisotopic (exact) mass is 381 g/mol. The molecule has 0 aromatic heterocycles. The third kappa shape index (κ3) is 5.53. The van der Waals surface area contributed by atoms with Crippen LogP contribution in [0.1, 0.15) is 79.0 Å². The number of benzene rings is 2. The van der Waals surface area contributed by atoms with E-state index in [0.29, 0.717) is 0 Å². The van der Waals surface area contributed by atoms with E-state index in [1.807, 2.05) is 12.1 Å². The molecule has 1 radical (unpaired) electrons. The summed E-state index contributed by atoms with van der Waals surface area (Å²) in [6.45, 7) is 20.1. The van der Waals surface area contributed by atoms with Crippen molar-refractivity contribution in [3.05, 3.63) is 59.2 Å². The van der Waals surface area contributed by atoms with Crippen LogP contribution in [0.2, 0.25) is 0 Å². The quantitative estimate of drug-likeness (QED) is 0.558. The highest BCUT2D eigenvalue weighted by Gasteiger charge is 2.29. The maximum absolute atomic E-state index is 6.23. The van der Waals surface area contributed by atoms with Crippen LogP contribution in [-0.2, 0) is 16.2 Å². The summed E-state index contributed by atoms with van der Waals surface area (Å²) in [5, 5.41) is 0. The van der Waals surface area contributed by atoms with Crippen molar-refractivity contribution in [1.29, 1.82) is 0 Å². The highest BCUT2D eigenvalue weighted by Crippen LogP contribution is 2.39. The van der Waals surface area contributed by atoms with E-state index in [-0.39, 0.29) is 16.2 Å². The normalized spacial score (nSPS) is 12.6. The number of rotatable bonds is 4. The van der Waals surface area contributed by atoms with Crippen molar-refractivity contribution in [1.82, 2.24) is 0 Å². The zero-order valence-corrected chi connectivity index (χ0v) is 19.6. The van der Waals surface area contributed by atoms with Crippen LogP contribution in [0, 0.1) is 0 Å². The Hall–Kier alpha value is -1.43. The molecule has 0 fully saturated rings. The average molecular weight is 382 g/mol. The topological polar surface area (TPSA) is 18.5 Å². The van der Waals surface area contributed by atoms with Gasteiger partial charge in [-0.25, -0.2) is 0 Å². The van der Waals surface area contributed by atoms with Gasteiger partial charge in [-0.05, 0) is 45.1 Å². The zero-order valence-electron chi connectivity index (χ0n) is 18.4. The van der Waals surface area contributed by atoms with Gasteiger partial charge in [0.15, 0.2) is 0 Å². The second kappa shape index (κ2) is 7.90. The minimum absolute atomic E-state index is 0.00195. The molecule has 0 aliphatic heterocycles. The first kappa shape index (κ1) is 21.9. The highest BCUT2D eigenvalue weighted by molar-refractivity contribution is 6.20. The molecule has 0 saturated carbocycles. The van der Waals surface area contributed by atoms with Crippen LogP contribution in [0.5, 0.6) is 11.5 Å². The van der Waals surface area contributed by atoms with E-state index >= 15 is 0 Å². The Labute approximate surface area is 172 Å². The van der Waals surface area contributed by atoms with Crippen molar-refractivity contribution in [3.8, 4) is 11.5 Å². The SMILES string of the molecule is CC(C)(C)c1ccccc1[O][Al][O]c1cccc(C(C)(C)C)c1C(C)(C)C. The Bertz CT molecular complexity index is 774. The highest BCUT2D eigenvalue weighted by atomic mass is 27.2. The van der Waals surface area contributed by atoms with Gasteiger partial charge in [0.25, 0.3) is 0 Å². The van der Waals surface area contributed by atoms with Crippen LogP contribution < -0.4 is 7.58 Å². The fourth-order valence-corrected chi connectivity index (χ4v) is 4.00. The summed E-state index contributed by atoms with van der Waals surface area (Å²) < 4.78 is 12.4. The molecule has 0 amide bonds. The standard InChI is InChI=1S/C14H22O.C10H14O.Al/c1-13(2,3)10-8-7-9-11(15)12(10)14(4,5)6;1-10(2,3)8-6-4-5-7-9(8)11;/h7-9,15H,1-6H3;4-7,11H,1-3H3;/q;;+2/p-2. The maximum atomic E-state index is 6.23. The predicted molar refractivity (Wildman–Crippen MR) is 116 cm³/mol. The number of hydrogen-bond donors (Lipinski definition) is 0. The smallest absolute Gasteiger partial charge is 0.616 e. The molecule has 2 aromatic rings. The van der Waals surface area contributed by atoms with Gasteiger partial charge in [-0.15, -0.1) is 0 Å². The fraction of sp³-hybridized carbons (Fsp3) is 0.500. The van der Waals surface area contributed by atoms with Crippen LogP contribution >= 0.6 is 0 Å². The summed E-state index contributed by atoms with van der Waals surface area (Å²) in [5.41, 5.74) is 3.93. The molecule has 3 heteroatoms. The lowest BCUT2D eigenvalue weighted by molar-refractivity contribution is 0.429. The molecule has 0 N–H and O–H groups in total. The van der Waals surface area contributed by atoms with Crippen LogP contribution in [0.4, 0.5) is 0 Å². The zero-order chi connectivity index (χ0) is 20.5. The second-order valence-corrected chi connectivity index (χ2v) is 10.9. The Morgan fingerprint density at radius 1 is 0.556 bits per heavy atom. The lowest BCUT2D eigenvalue weighted by Crippen LogP contribution is -2.24.